The molecule has 0 aromatic carbocycles. The van der Waals surface area contributed by atoms with Gasteiger partial charge in [-0.3, -0.25) is 9.78 Å². The molecule has 2 N–H and O–H groups in total. The van der Waals surface area contributed by atoms with E-state index in [0.717, 1.165) is 0 Å². The molecule has 0 atom stereocenters. The molecule has 0 aliphatic heterocycles. The number of ketones is 1. The van der Waals surface area contributed by atoms with E-state index in [1.807, 2.05) is 6.92 Å². The Balaban J connectivity index is 2.51. The smallest absolute Gasteiger partial charge is 0.309 e. The third kappa shape index (κ3) is 2.14. The third-order valence-corrected chi connectivity index (χ3v) is 2.66. The molecule has 0 saturated heterocycles. The van der Waals surface area contributed by atoms with Crippen molar-refractivity contribution < 1.29 is 4.79 Å². The average molecular weight is 252 g/mol. The lowest BCUT2D eigenvalue weighted by Gasteiger charge is -2.01. The molecule has 0 saturated carbocycles. The zero-order valence-corrected chi connectivity index (χ0v) is 9.84. The number of halogens is 1. The maximum absolute atomic E-state index is 12.1. The predicted octanol–water partition coefficient (Wildman–Crippen LogP) is 1.54. The highest BCUT2D eigenvalue weighted by molar-refractivity contribution is 6.34. The zero-order chi connectivity index (χ0) is 12.4. The quantitative estimate of drug-likeness (QED) is 0.813. The molecular weight excluding hydrogens is 242 g/mol. The molecule has 2 aromatic rings. The lowest BCUT2D eigenvalue weighted by atomic mass is 10.1. The van der Waals surface area contributed by atoms with E-state index in [1.165, 1.54) is 6.20 Å². The molecule has 0 unspecified atom stereocenters. The summed E-state index contributed by atoms with van der Waals surface area (Å²) in [7, 11) is 0. The van der Waals surface area contributed by atoms with Crippen LogP contribution in [-0.4, -0.2) is 20.7 Å². The Hall–Kier alpha value is -1.88. The highest BCUT2D eigenvalue weighted by Gasteiger charge is 2.19. The number of aromatic nitrogens is 3. The van der Waals surface area contributed by atoms with Gasteiger partial charge in [-0.1, -0.05) is 18.5 Å². The van der Waals surface area contributed by atoms with Gasteiger partial charge in [-0.15, -0.1) is 0 Å². The number of nitrogens with zero attached hydrogens (tertiary/aromatic N) is 1. The number of hydrogen-bond donors (Lipinski definition) is 2. The van der Waals surface area contributed by atoms with E-state index < -0.39 is 5.69 Å². The van der Waals surface area contributed by atoms with Crippen molar-refractivity contribution in [2.24, 2.45) is 0 Å². The zero-order valence-electron chi connectivity index (χ0n) is 9.08. The fourth-order valence-corrected chi connectivity index (χ4v) is 1.76. The van der Waals surface area contributed by atoms with Crippen molar-refractivity contribution in [2.45, 2.75) is 13.3 Å². The predicted molar refractivity (Wildman–Crippen MR) is 63.5 cm³/mol. The summed E-state index contributed by atoms with van der Waals surface area (Å²) in [6.07, 6.45) is 2.03. The monoisotopic (exact) mass is 251 g/mol. The number of rotatable bonds is 3. The van der Waals surface area contributed by atoms with E-state index in [2.05, 4.69) is 15.0 Å². The maximum Gasteiger partial charge on any atom is 0.323 e. The van der Waals surface area contributed by atoms with Crippen LogP contribution >= 0.6 is 11.6 Å². The number of hydrogen-bond acceptors (Lipinski definition) is 3. The van der Waals surface area contributed by atoms with Gasteiger partial charge in [-0.05, 0) is 18.6 Å². The number of carbonyl (C=O) groups excluding carboxylic acids is 1. The van der Waals surface area contributed by atoms with Gasteiger partial charge >= 0.3 is 5.69 Å². The van der Waals surface area contributed by atoms with Crippen molar-refractivity contribution in [3.05, 3.63) is 50.9 Å². The Bertz CT molecular complexity index is 615. The van der Waals surface area contributed by atoms with Crippen LogP contribution in [0.25, 0.3) is 0 Å². The first kappa shape index (κ1) is 11.6. The third-order valence-electron chi connectivity index (χ3n) is 2.36. The minimum atomic E-state index is -0.405. The Labute approximate surface area is 102 Å². The number of aromatic amines is 2. The van der Waals surface area contributed by atoms with Gasteiger partial charge in [-0.2, -0.15) is 0 Å². The lowest BCUT2D eigenvalue weighted by Crippen LogP contribution is -2.09. The van der Waals surface area contributed by atoms with Crippen LogP contribution < -0.4 is 5.69 Å². The van der Waals surface area contributed by atoms with Crippen LogP contribution in [-0.2, 0) is 6.42 Å². The van der Waals surface area contributed by atoms with E-state index in [4.69, 9.17) is 11.6 Å². The van der Waals surface area contributed by atoms with E-state index in [1.54, 1.807) is 12.1 Å². The van der Waals surface area contributed by atoms with Crippen LogP contribution in [0, 0.1) is 0 Å². The number of aryl methyl sites for hydroxylation is 1. The standard InChI is InChI=1S/C11H10ClN3O2/c1-2-7-9(15-11(17)14-7)10(16)8-6(12)4-3-5-13-8/h3-5H,2H2,1H3,(H2,14,15,17). The molecule has 0 spiro atoms. The SMILES string of the molecule is CCc1[nH]c(=O)[nH]c1C(=O)c1ncccc1Cl. The first-order valence-corrected chi connectivity index (χ1v) is 5.47. The van der Waals surface area contributed by atoms with Gasteiger partial charge in [0.2, 0.25) is 5.78 Å². The summed E-state index contributed by atoms with van der Waals surface area (Å²) in [6, 6.07) is 3.22. The highest BCUT2D eigenvalue weighted by atomic mass is 35.5. The Kier molecular flexibility index (Phi) is 3.10. The molecule has 0 fully saturated rings. The summed E-state index contributed by atoms with van der Waals surface area (Å²) < 4.78 is 0. The summed E-state index contributed by atoms with van der Waals surface area (Å²) in [5, 5.41) is 0.265. The lowest BCUT2D eigenvalue weighted by molar-refractivity contribution is 0.102. The molecule has 0 amide bonds. The second-order valence-electron chi connectivity index (χ2n) is 3.45. The summed E-state index contributed by atoms with van der Waals surface area (Å²) in [6.45, 7) is 1.84. The molecule has 6 heteroatoms. The van der Waals surface area contributed by atoms with Crippen LogP contribution in [0.5, 0.6) is 0 Å². The highest BCUT2D eigenvalue weighted by Crippen LogP contribution is 2.16. The molecule has 2 rings (SSSR count). The summed E-state index contributed by atoms with van der Waals surface area (Å²) in [4.78, 5) is 32.2. The maximum atomic E-state index is 12.1. The average Bonchev–Trinajstić information content (AvgIpc) is 2.70. The molecule has 0 bridgehead atoms. The molecule has 0 aliphatic carbocycles. The number of nitrogens with one attached hydrogen (secondary N) is 2. The number of pyridine rings is 1. The van der Waals surface area contributed by atoms with Gasteiger partial charge in [-0.25, -0.2) is 4.79 Å². The molecule has 2 heterocycles. The summed E-state index contributed by atoms with van der Waals surface area (Å²) in [5.74, 6) is -0.384. The minimum Gasteiger partial charge on any atom is -0.309 e. The molecule has 5 nitrogen and oxygen atoms in total. The van der Waals surface area contributed by atoms with Crippen LogP contribution in [0.1, 0.15) is 28.8 Å². The molecule has 0 aliphatic rings. The molecule has 88 valence electrons. The van der Waals surface area contributed by atoms with Crippen LogP contribution in [0.15, 0.2) is 23.1 Å². The minimum absolute atomic E-state index is 0.138. The van der Waals surface area contributed by atoms with Gasteiger partial charge in [0, 0.05) is 11.9 Å². The fraction of sp³-hybridized carbons (Fsp3) is 0.182. The number of imidazole rings is 1. The van der Waals surface area contributed by atoms with E-state index >= 15 is 0 Å². The molecular formula is C11H10ClN3O2. The molecule has 0 radical (unpaired) electrons. The first-order chi connectivity index (χ1) is 8.13. The van der Waals surface area contributed by atoms with Gasteiger partial charge in [0.15, 0.2) is 0 Å². The molecule has 17 heavy (non-hydrogen) atoms. The summed E-state index contributed by atoms with van der Waals surface area (Å²) >= 11 is 5.89. The van der Waals surface area contributed by atoms with Gasteiger partial charge < -0.3 is 9.97 Å². The van der Waals surface area contributed by atoms with Crippen molar-refractivity contribution in [3.8, 4) is 0 Å². The van der Waals surface area contributed by atoms with Crippen molar-refractivity contribution in [2.75, 3.05) is 0 Å². The van der Waals surface area contributed by atoms with Crippen molar-refractivity contribution >= 4 is 17.4 Å². The summed E-state index contributed by atoms with van der Waals surface area (Å²) in [5.41, 5.74) is 0.510. The molecule has 2 aromatic heterocycles. The second-order valence-corrected chi connectivity index (χ2v) is 3.86. The topological polar surface area (TPSA) is 78.6 Å². The van der Waals surface area contributed by atoms with Crippen LogP contribution in [0.3, 0.4) is 0 Å². The van der Waals surface area contributed by atoms with Crippen molar-refractivity contribution in [1.82, 2.24) is 15.0 Å². The fourth-order valence-electron chi connectivity index (χ4n) is 1.55. The van der Waals surface area contributed by atoms with E-state index in [-0.39, 0.29) is 22.2 Å². The van der Waals surface area contributed by atoms with Gasteiger partial charge in [0.05, 0.1) is 5.02 Å². The number of carbonyl (C=O) groups is 1. The van der Waals surface area contributed by atoms with Crippen molar-refractivity contribution in [1.29, 1.82) is 0 Å². The Morgan fingerprint density at radius 2 is 2.24 bits per heavy atom. The second kappa shape index (κ2) is 4.55. The first-order valence-electron chi connectivity index (χ1n) is 5.10. The van der Waals surface area contributed by atoms with Crippen LogP contribution in [0.4, 0.5) is 0 Å². The largest absolute Gasteiger partial charge is 0.323 e. The van der Waals surface area contributed by atoms with Crippen molar-refractivity contribution in [3.63, 3.8) is 0 Å². The van der Waals surface area contributed by atoms with Gasteiger partial charge in [0.1, 0.15) is 11.4 Å². The van der Waals surface area contributed by atoms with Gasteiger partial charge in [0.25, 0.3) is 0 Å². The Morgan fingerprint density at radius 3 is 2.88 bits per heavy atom. The van der Waals surface area contributed by atoms with Crippen LogP contribution in [0.2, 0.25) is 5.02 Å². The van der Waals surface area contributed by atoms with E-state index in [0.29, 0.717) is 12.1 Å². The Morgan fingerprint density at radius 1 is 1.47 bits per heavy atom. The number of H-pyrrole nitrogens is 2. The normalized spacial score (nSPS) is 10.5. The van der Waals surface area contributed by atoms with E-state index in [9.17, 15) is 9.59 Å².